The van der Waals surface area contributed by atoms with Crippen molar-refractivity contribution in [2.24, 2.45) is 5.73 Å². The van der Waals surface area contributed by atoms with Crippen LogP contribution in [0.4, 0.5) is 0 Å². The second-order valence-electron chi connectivity index (χ2n) is 3.47. The molecule has 3 heteroatoms. The fourth-order valence-electron chi connectivity index (χ4n) is 1.70. The van der Waals surface area contributed by atoms with E-state index in [1.54, 1.807) is 0 Å². The van der Waals surface area contributed by atoms with Gasteiger partial charge in [-0.05, 0) is 0 Å². The second-order valence-corrected chi connectivity index (χ2v) is 4.03. The highest BCUT2D eigenvalue weighted by Crippen LogP contribution is 2.16. The molecule has 0 aromatic heterocycles. The van der Waals surface area contributed by atoms with Crippen LogP contribution in [0.25, 0.3) is 0 Å². The first-order chi connectivity index (χ1) is 4.62. The van der Waals surface area contributed by atoms with Crippen LogP contribution in [0, 0.1) is 0 Å². The van der Waals surface area contributed by atoms with E-state index in [9.17, 15) is 0 Å². The Morgan fingerprint density at radius 2 is 2.00 bits per heavy atom. The summed E-state index contributed by atoms with van der Waals surface area (Å²) in [4.78, 5) is 0. The lowest BCUT2D eigenvalue weighted by Gasteiger charge is -2.29. The molecule has 0 spiro atoms. The Morgan fingerprint density at radius 1 is 1.50 bits per heavy atom. The van der Waals surface area contributed by atoms with Gasteiger partial charge in [0.15, 0.2) is 0 Å². The zero-order valence-electron chi connectivity index (χ0n) is 6.52. The maximum absolute atomic E-state index is 5.71. The molecule has 1 saturated heterocycles. The average Bonchev–Trinajstić information content (AvgIpc) is 2.12. The Kier molecular flexibility index (Phi) is 2.55. The van der Waals surface area contributed by atoms with Crippen LogP contribution in [-0.4, -0.2) is 36.7 Å². The third kappa shape index (κ3) is 2.11. The van der Waals surface area contributed by atoms with Gasteiger partial charge in [0.2, 0.25) is 0 Å². The molecule has 2 N–H and O–H groups in total. The van der Waals surface area contributed by atoms with Crippen LogP contribution in [-0.2, 0) is 0 Å². The Labute approximate surface area is 67.5 Å². The van der Waals surface area contributed by atoms with Crippen LogP contribution in [0.3, 0.4) is 0 Å². The van der Waals surface area contributed by atoms with Crippen LogP contribution in [0.2, 0.25) is 0 Å². The van der Waals surface area contributed by atoms with E-state index in [1.807, 2.05) is 0 Å². The molecule has 1 heterocycles. The molecule has 1 fully saturated rings. The van der Waals surface area contributed by atoms with E-state index in [0.717, 1.165) is 11.0 Å². The number of rotatable bonds is 2. The van der Waals surface area contributed by atoms with Crippen molar-refractivity contribution in [1.82, 2.24) is 0 Å². The molecular formula is C7H16ClN2+. The van der Waals surface area contributed by atoms with Crippen LogP contribution < -0.4 is 5.73 Å². The normalized spacial score (nSPS) is 26.7. The summed E-state index contributed by atoms with van der Waals surface area (Å²) in [5, 5.41) is 0. The van der Waals surface area contributed by atoms with Crippen LogP contribution in [0.15, 0.2) is 0 Å². The minimum Gasteiger partial charge on any atom is -0.324 e. The van der Waals surface area contributed by atoms with Crippen molar-refractivity contribution in [1.29, 1.82) is 0 Å². The fraction of sp³-hybridized carbons (Fsp3) is 1.00. The van der Waals surface area contributed by atoms with E-state index in [4.69, 9.17) is 17.3 Å². The highest BCUT2D eigenvalue weighted by atomic mass is 35.5. The van der Waals surface area contributed by atoms with Gasteiger partial charge >= 0.3 is 0 Å². The van der Waals surface area contributed by atoms with Crippen molar-refractivity contribution in [3.8, 4) is 0 Å². The predicted octanol–water partition coefficient (Wildman–Crippen LogP) is 0.750. The van der Waals surface area contributed by atoms with Crippen molar-refractivity contribution < 1.29 is 4.48 Å². The van der Waals surface area contributed by atoms with Gasteiger partial charge in [-0.25, -0.2) is 0 Å². The van der Waals surface area contributed by atoms with Gasteiger partial charge in [0, 0.05) is 12.8 Å². The summed E-state index contributed by atoms with van der Waals surface area (Å²) in [7, 11) is 2.23. The first-order valence-corrected chi connectivity index (χ1v) is 4.29. The minimum atomic E-state index is -0.164. The standard InChI is InChI=1S/C7H16ClN2/c1-10(6-7(8)9)4-2-3-5-10/h7H,2-6,9H2,1H3/q+1. The molecule has 1 aliphatic heterocycles. The molecule has 0 radical (unpaired) electrons. The Morgan fingerprint density at radius 3 is 2.40 bits per heavy atom. The van der Waals surface area contributed by atoms with Crippen molar-refractivity contribution in [3.63, 3.8) is 0 Å². The van der Waals surface area contributed by atoms with Gasteiger partial charge in [-0.3, -0.25) is 0 Å². The largest absolute Gasteiger partial charge is 0.324 e. The molecule has 0 aliphatic carbocycles. The maximum Gasteiger partial charge on any atom is 0.130 e. The summed E-state index contributed by atoms with van der Waals surface area (Å²) >= 11 is 5.71. The molecule has 0 aromatic rings. The lowest BCUT2D eigenvalue weighted by Crippen LogP contribution is -2.47. The van der Waals surface area contributed by atoms with E-state index in [0.29, 0.717) is 0 Å². The molecule has 0 aromatic carbocycles. The molecule has 1 unspecified atom stereocenters. The van der Waals surface area contributed by atoms with Gasteiger partial charge in [0.25, 0.3) is 0 Å². The Bertz CT molecular complexity index is 108. The summed E-state index contributed by atoms with van der Waals surface area (Å²) in [5.74, 6) is 0. The molecule has 0 saturated carbocycles. The third-order valence-corrected chi connectivity index (χ3v) is 2.40. The number of nitrogens with two attached hydrogens (primary N) is 1. The lowest BCUT2D eigenvalue weighted by molar-refractivity contribution is -0.897. The number of alkyl halides is 1. The van der Waals surface area contributed by atoms with Crippen LogP contribution >= 0.6 is 11.6 Å². The fourth-order valence-corrected chi connectivity index (χ4v) is 2.04. The van der Waals surface area contributed by atoms with Crippen LogP contribution in [0.1, 0.15) is 12.8 Å². The summed E-state index contributed by atoms with van der Waals surface area (Å²) in [6, 6.07) is 0. The molecule has 1 aliphatic rings. The molecule has 10 heavy (non-hydrogen) atoms. The quantitative estimate of drug-likeness (QED) is 0.363. The molecule has 60 valence electrons. The van der Waals surface area contributed by atoms with Gasteiger partial charge in [0.05, 0.1) is 20.1 Å². The summed E-state index contributed by atoms with van der Waals surface area (Å²) in [6.07, 6.45) is 2.67. The summed E-state index contributed by atoms with van der Waals surface area (Å²) in [6.45, 7) is 3.42. The van der Waals surface area contributed by atoms with E-state index >= 15 is 0 Å². The smallest absolute Gasteiger partial charge is 0.130 e. The molecule has 0 bridgehead atoms. The van der Waals surface area contributed by atoms with Crippen molar-refractivity contribution in [2.45, 2.75) is 18.3 Å². The van der Waals surface area contributed by atoms with Crippen molar-refractivity contribution in [3.05, 3.63) is 0 Å². The van der Waals surface area contributed by atoms with Gasteiger partial charge in [-0.1, -0.05) is 11.6 Å². The third-order valence-electron chi connectivity index (χ3n) is 2.26. The molecule has 1 rings (SSSR count). The number of halogens is 1. The maximum atomic E-state index is 5.71. The predicted molar refractivity (Wildman–Crippen MR) is 43.8 cm³/mol. The number of hydrogen-bond donors (Lipinski definition) is 1. The minimum absolute atomic E-state index is 0.164. The summed E-state index contributed by atoms with van der Waals surface area (Å²) < 4.78 is 1.07. The SMILES string of the molecule is C[N+]1(CC(N)Cl)CCCC1. The number of quaternary nitrogens is 1. The van der Waals surface area contributed by atoms with E-state index < -0.39 is 0 Å². The van der Waals surface area contributed by atoms with E-state index in [1.165, 1.54) is 25.9 Å². The van der Waals surface area contributed by atoms with Gasteiger partial charge < -0.3 is 10.2 Å². The summed E-state index contributed by atoms with van der Waals surface area (Å²) in [5.41, 5.74) is 5.34. The van der Waals surface area contributed by atoms with Gasteiger partial charge in [-0.2, -0.15) is 0 Å². The molecule has 1 atom stereocenters. The number of likely N-dealkylation sites (tertiary alicyclic amines) is 1. The second kappa shape index (κ2) is 3.07. The zero-order valence-corrected chi connectivity index (χ0v) is 7.27. The van der Waals surface area contributed by atoms with E-state index in [2.05, 4.69) is 7.05 Å². The van der Waals surface area contributed by atoms with Crippen molar-refractivity contribution >= 4 is 11.6 Å². The highest BCUT2D eigenvalue weighted by molar-refractivity contribution is 6.20. The van der Waals surface area contributed by atoms with E-state index in [-0.39, 0.29) is 5.50 Å². The Hall–Kier alpha value is 0.210. The van der Waals surface area contributed by atoms with Crippen molar-refractivity contribution in [2.75, 3.05) is 26.7 Å². The molecule has 2 nitrogen and oxygen atoms in total. The first kappa shape index (κ1) is 8.31. The lowest BCUT2D eigenvalue weighted by atomic mass is 10.4. The Balaban J connectivity index is 2.36. The monoisotopic (exact) mass is 163 g/mol. The topological polar surface area (TPSA) is 26.0 Å². The molecule has 0 amide bonds. The molecular weight excluding hydrogens is 148 g/mol. The number of hydrogen-bond acceptors (Lipinski definition) is 1. The van der Waals surface area contributed by atoms with Gasteiger partial charge in [-0.15, -0.1) is 0 Å². The first-order valence-electron chi connectivity index (χ1n) is 3.86. The average molecular weight is 164 g/mol. The van der Waals surface area contributed by atoms with Crippen LogP contribution in [0.5, 0.6) is 0 Å². The zero-order chi connectivity index (χ0) is 7.61. The number of nitrogens with zero attached hydrogens (tertiary/aromatic N) is 1. The van der Waals surface area contributed by atoms with Gasteiger partial charge in [0.1, 0.15) is 12.0 Å². The number of likely N-dealkylation sites (N-methyl/N-ethyl adjacent to an activating group) is 1. The highest BCUT2D eigenvalue weighted by Gasteiger charge is 2.27.